The average molecular weight is 415 g/mol. The highest BCUT2D eigenvalue weighted by Crippen LogP contribution is 2.41. The summed E-state index contributed by atoms with van der Waals surface area (Å²) in [6.07, 6.45) is 1.95. The fraction of sp³-hybridized carbons (Fsp3) is 0.240. The quantitative estimate of drug-likeness (QED) is 0.484. The predicted molar refractivity (Wildman–Crippen MR) is 120 cm³/mol. The second-order valence-electron chi connectivity index (χ2n) is 7.73. The van der Waals surface area contributed by atoms with Gasteiger partial charge >= 0.3 is 0 Å². The maximum Gasteiger partial charge on any atom is 0.231 e. The van der Waals surface area contributed by atoms with E-state index in [9.17, 15) is 0 Å². The predicted octanol–water partition coefficient (Wildman–Crippen LogP) is 4.92. The Labute approximate surface area is 181 Å². The molecule has 5 rings (SSSR count). The monoisotopic (exact) mass is 415 g/mol. The first kappa shape index (κ1) is 19.5. The average Bonchev–Trinajstić information content (AvgIpc) is 3.43. The standard InChI is InChI=1S/C25H25N3O3/c1-16(26-13-18-11-23(29-3)25-24(12-18)30-15-31-25)21-14-27-28(17(21)2)22-10-6-8-19-7-4-5-9-20(19)22/h4-12,14,16,26H,13,15H2,1-3H3. The molecule has 0 radical (unpaired) electrons. The molecule has 3 aromatic carbocycles. The number of hydrogen-bond acceptors (Lipinski definition) is 5. The Bertz CT molecular complexity index is 1240. The number of aromatic nitrogens is 2. The first-order valence-corrected chi connectivity index (χ1v) is 10.4. The third kappa shape index (κ3) is 3.49. The third-order valence-electron chi connectivity index (χ3n) is 5.84. The fourth-order valence-corrected chi connectivity index (χ4v) is 4.15. The molecule has 4 aromatic rings. The van der Waals surface area contributed by atoms with Gasteiger partial charge in [-0.3, -0.25) is 0 Å². The van der Waals surface area contributed by atoms with E-state index in [1.807, 2.05) is 23.0 Å². The van der Waals surface area contributed by atoms with Gasteiger partial charge in [-0.05, 0) is 43.0 Å². The molecule has 1 N–H and O–H groups in total. The molecule has 0 aliphatic carbocycles. The molecule has 1 unspecified atom stereocenters. The Morgan fingerprint density at radius 3 is 2.84 bits per heavy atom. The molecule has 2 heterocycles. The topological polar surface area (TPSA) is 57.5 Å². The van der Waals surface area contributed by atoms with Crippen LogP contribution in [0.5, 0.6) is 17.2 Å². The van der Waals surface area contributed by atoms with Crippen LogP contribution in [0.25, 0.3) is 16.5 Å². The summed E-state index contributed by atoms with van der Waals surface area (Å²) in [6.45, 7) is 5.17. The zero-order chi connectivity index (χ0) is 21.4. The van der Waals surface area contributed by atoms with Crippen molar-refractivity contribution < 1.29 is 14.2 Å². The minimum Gasteiger partial charge on any atom is -0.493 e. The molecule has 0 fully saturated rings. The number of ether oxygens (including phenoxy) is 3. The molecular formula is C25H25N3O3. The SMILES string of the molecule is COc1cc(CNC(C)c2cnn(-c3cccc4ccccc34)c2C)cc2c1OCO2. The number of nitrogens with one attached hydrogen (secondary N) is 1. The highest BCUT2D eigenvalue weighted by atomic mass is 16.7. The van der Waals surface area contributed by atoms with E-state index < -0.39 is 0 Å². The van der Waals surface area contributed by atoms with Gasteiger partial charge in [0.15, 0.2) is 11.5 Å². The summed E-state index contributed by atoms with van der Waals surface area (Å²) in [6, 6.07) is 18.8. The van der Waals surface area contributed by atoms with E-state index in [0.717, 1.165) is 22.7 Å². The Kier molecular flexibility index (Phi) is 5.00. The van der Waals surface area contributed by atoms with Crippen LogP contribution in [-0.4, -0.2) is 23.7 Å². The molecule has 0 bridgehead atoms. The molecule has 6 nitrogen and oxygen atoms in total. The second-order valence-corrected chi connectivity index (χ2v) is 7.73. The molecule has 1 aliphatic rings. The van der Waals surface area contributed by atoms with Gasteiger partial charge in [0.1, 0.15) is 0 Å². The summed E-state index contributed by atoms with van der Waals surface area (Å²) in [5, 5.41) is 10.7. The molecule has 1 aromatic heterocycles. The van der Waals surface area contributed by atoms with Crippen LogP contribution in [0, 0.1) is 6.92 Å². The minimum atomic E-state index is 0.125. The van der Waals surface area contributed by atoms with E-state index in [1.54, 1.807) is 7.11 Å². The van der Waals surface area contributed by atoms with Gasteiger partial charge in [-0.25, -0.2) is 4.68 Å². The van der Waals surface area contributed by atoms with E-state index in [-0.39, 0.29) is 12.8 Å². The maximum atomic E-state index is 5.54. The summed E-state index contributed by atoms with van der Waals surface area (Å²) in [7, 11) is 1.64. The zero-order valence-corrected chi connectivity index (χ0v) is 17.9. The smallest absolute Gasteiger partial charge is 0.231 e. The summed E-state index contributed by atoms with van der Waals surface area (Å²) in [4.78, 5) is 0. The normalized spacial score (nSPS) is 13.5. The zero-order valence-electron chi connectivity index (χ0n) is 17.9. The van der Waals surface area contributed by atoms with Crippen LogP contribution >= 0.6 is 0 Å². The molecule has 31 heavy (non-hydrogen) atoms. The second kappa shape index (κ2) is 7.96. The van der Waals surface area contributed by atoms with Gasteiger partial charge < -0.3 is 19.5 Å². The third-order valence-corrected chi connectivity index (χ3v) is 5.84. The van der Waals surface area contributed by atoms with Crippen LogP contribution in [0.2, 0.25) is 0 Å². The lowest BCUT2D eigenvalue weighted by Crippen LogP contribution is -2.18. The molecular weight excluding hydrogens is 390 g/mol. The van der Waals surface area contributed by atoms with Crippen molar-refractivity contribution in [3.8, 4) is 22.9 Å². The number of nitrogens with zero attached hydrogens (tertiary/aromatic N) is 2. The Morgan fingerprint density at radius 1 is 1.13 bits per heavy atom. The van der Waals surface area contributed by atoms with Crippen molar-refractivity contribution in [3.05, 3.63) is 77.6 Å². The van der Waals surface area contributed by atoms with Crippen LogP contribution in [0.1, 0.15) is 29.8 Å². The summed E-state index contributed by atoms with van der Waals surface area (Å²) < 4.78 is 18.5. The van der Waals surface area contributed by atoms with E-state index in [0.29, 0.717) is 18.0 Å². The lowest BCUT2D eigenvalue weighted by atomic mass is 10.1. The van der Waals surface area contributed by atoms with Gasteiger partial charge in [0.2, 0.25) is 12.5 Å². The lowest BCUT2D eigenvalue weighted by Gasteiger charge is -2.15. The van der Waals surface area contributed by atoms with Crippen LogP contribution in [0.3, 0.4) is 0 Å². The Hall–Kier alpha value is -3.51. The van der Waals surface area contributed by atoms with Gasteiger partial charge in [-0.15, -0.1) is 0 Å². The summed E-state index contributed by atoms with van der Waals surface area (Å²) in [5.41, 5.74) is 4.46. The van der Waals surface area contributed by atoms with Crippen LogP contribution < -0.4 is 19.5 Å². The van der Waals surface area contributed by atoms with Crippen molar-refractivity contribution in [1.29, 1.82) is 0 Å². The molecule has 6 heteroatoms. The minimum absolute atomic E-state index is 0.125. The van der Waals surface area contributed by atoms with Crippen molar-refractivity contribution in [2.45, 2.75) is 26.4 Å². The van der Waals surface area contributed by atoms with Gasteiger partial charge in [0, 0.05) is 29.2 Å². The van der Waals surface area contributed by atoms with Crippen LogP contribution in [0.15, 0.2) is 60.8 Å². The molecule has 0 saturated heterocycles. The number of hydrogen-bond donors (Lipinski definition) is 1. The lowest BCUT2D eigenvalue weighted by molar-refractivity contribution is 0.171. The number of rotatable bonds is 6. The Balaban J connectivity index is 1.38. The van der Waals surface area contributed by atoms with Crippen molar-refractivity contribution >= 4 is 10.8 Å². The van der Waals surface area contributed by atoms with Crippen molar-refractivity contribution in [2.24, 2.45) is 0 Å². The molecule has 0 spiro atoms. The summed E-state index contributed by atoms with van der Waals surface area (Å²) >= 11 is 0. The van der Waals surface area contributed by atoms with E-state index in [1.165, 1.54) is 16.3 Å². The van der Waals surface area contributed by atoms with Crippen LogP contribution in [0.4, 0.5) is 0 Å². The van der Waals surface area contributed by atoms with Gasteiger partial charge in [-0.2, -0.15) is 5.10 Å². The number of methoxy groups -OCH3 is 1. The first-order valence-electron chi connectivity index (χ1n) is 10.4. The van der Waals surface area contributed by atoms with Gasteiger partial charge in [0.05, 0.1) is 19.0 Å². The molecule has 158 valence electrons. The molecule has 1 atom stereocenters. The molecule has 1 aliphatic heterocycles. The highest BCUT2D eigenvalue weighted by Gasteiger charge is 2.21. The van der Waals surface area contributed by atoms with Gasteiger partial charge in [-0.1, -0.05) is 36.4 Å². The first-order chi connectivity index (χ1) is 15.2. The van der Waals surface area contributed by atoms with Crippen molar-refractivity contribution in [2.75, 3.05) is 13.9 Å². The van der Waals surface area contributed by atoms with E-state index in [2.05, 4.69) is 61.6 Å². The molecule has 0 amide bonds. The van der Waals surface area contributed by atoms with E-state index >= 15 is 0 Å². The number of benzene rings is 3. The largest absolute Gasteiger partial charge is 0.493 e. The van der Waals surface area contributed by atoms with E-state index in [4.69, 9.17) is 19.3 Å². The van der Waals surface area contributed by atoms with Crippen molar-refractivity contribution in [1.82, 2.24) is 15.1 Å². The summed E-state index contributed by atoms with van der Waals surface area (Å²) in [5.74, 6) is 2.09. The van der Waals surface area contributed by atoms with Crippen molar-refractivity contribution in [3.63, 3.8) is 0 Å². The van der Waals surface area contributed by atoms with Crippen LogP contribution in [-0.2, 0) is 6.54 Å². The molecule has 0 saturated carbocycles. The van der Waals surface area contributed by atoms with Gasteiger partial charge in [0.25, 0.3) is 0 Å². The fourth-order valence-electron chi connectivity index (χ4n) is 4.15. The highest BCUT2D eigenvalue weighted by molar-refractivity contribution is 5.90. The maximum absolute atomic E-state index is 5.54. The number of fused-ring (bicyclic) bond motifs is 2. The Morgan fingerprint density at radius 2 is 1.97 bits per heavy atom.